The lowest BCUT2D eigenvalue weighted by Crippen LogP contribution is -2.21. The first-order valence-corrected chi connectivity index (χ1v) is 5.79. The Kier molecular flexibility index (Phi) is 3.61. The number of rotatable bonds is 3. The van der Waals surface area contributed by atoms with Crippen LogP contribution in [0.5, 0.6) is 0 Å². The first kappa shape index (κ1) is 10.9. The molecule has 2 rings (SSSR count). The van der Waals surface area contributed by atoms with Crippen molar-refractivity contribution in [2.24, 2.45) is 0 Å². The highest BCUT2D eigenvalue weighted by molar-refractivity contribution is 7.99. The second-order valence-electron chi connectivity index (χ2n) is 3.47. The molecule has 1 fully saturated rings. The summed E-state index contributed by atoms with van der Waals surface area (Å²) in [6, 6.07) is 9.75. The summed E-state index contributed by atoms with van der Waals surface area (Å²) in [6.45, 7) is -0.243. The van der Waals surface area contributed by atoms with Crippen LogP contribution in [0.4, 0.5) is 4.39 Å². The molecule has 1 N–H and O–H groups in total. The minimum atomic E-state index is -1.05. The van der Waals surface area contributed by atoms with E-state index in [9.17, 15) is 4.39 Å². The van der Waals surface area contributed by atoms with Crippen LogP contribution in [0.1, 0.15) is 6.42 Å². The van der Waals surface area contributed by atoms with Crippen LogP contribution in [0, 0.1) is 0 Å². The average Bonchev–Trinajstić information content (AvgIpc) is 2.60. The van der Waals surface area contributed by atoms with Gasteiger partial charge in [-0.05, 0) is 12.1 Å². The standard InChI is InChI=1S/C11H13FO2S/c12-9-6-11(14-10(9)7-13)15-8-4-2-1-3-5-8/h1-5,9-11,13H,6-7H2/t9-,10+,11+/m0/s1. The molecule has 3 atom stereocenters. The highest BCUT2D eigenvalue weighted by Gasteiger charge is 2.35. The highest BCUT2D eigenvalue weighted by Crippen LogP contribution is 2.34. The molecule has 2 nitrogen and oxygen atoms in total. The van der Waals surface area contributed by atoms with E-state index in [1.807, 2.05) is 30.3 Å². The Morgan fingerprint density at radius 1 is 1.40 bits per heavy atom. The van der Waals surface area contributed by atoms with Crippen molar-refractivity contribution in [3.63, 3.8) is 0 Å². The van der Waals surface area contributed by atoms with Gasteiger partial charge < -0.3 is 9.84 Å². The SMILES string of the molecule is OC[C@H]1O[C@H](Sc2ccccc2)C[C@@H]1F. The summed E-state index contributed by atoms with van der Waals surface area (Å²) in [7, 11) is 0. The molecule has 0 radical (unpaired) electrons. The second-order valence-corrected chi connectivity index (χ2v) is 4.70. The highest BCUT2D eigenvalue weighted by atomic mass is 32.2. The van der Waals surface area contributed by atoms with Crippen LogP contribution < -0.4 is 0 Å². The molecule has 1 aromatic rings. The van der Waals surface area contributed by atoms with Crippen LogP contribution in [0.25, 0.3) is 0 Å². The summed E-state index contributed by atoms with van der Waals surface area (Å²) in [5, 5.41) is 8.85. The number of aliphatic hydroxyl groups excluding tert-OH is 1. The molecular formula is C11H13FO2S. The number of aliphatic hydroxyl groups is 1. The van der Waals surface area contributed by atoms with Crippen molar-refractivity contribution >= 4 is 11.8 Å². The van der Waals surface area contributed by atoms with Gasteiger partial charge >= 0.3 is 0 Å². The summed E-state index contributed by atoms with van der Waals surface area (Å²) in [6.07, 6.45) is -1.34. The second kappa shape index (κ2) is 4.96. The minimum Gasteiger partial charge on any atom is -0.394 e. The van der Waals surface area contributed by atoms with Gasteiger partial charge in [0.15, 0.2) is 0 Å². The summed E-state index contributed by atoms with van der Waals surface area (Å²) < 4.78 is 18.6. The lowest BCUT2D eigenvalue weighted by atomic mass is 10.2. The lowest BCUT2D eigenvalue weighted by Gasteiger charge is -2.10. The zero-order chi connectivity index (χ0) is 10.7. The number of benzene rings is 1. The molecule has 0 aliphatic carbocycles. The van der Waals surface area contributed by atoms with Gasteiger partial charge in [-0.15, -0.1) is 0 Å². The first-order valence-electron chi connectivity index (χ1n) is 4.91. The van der Waals surface area contributed by atoms with E-state index < -0.39 is 12.3 Å². The topological polar surface area (TPSA) is 29.5 Å². The molecular weight excluding hydrogens is 215 g/mol. The largest absolute Gasteiger partial charge is 0.394 e. The van der Waals surface area contributed by atoms with Crippen LogP contribution >= 0.6 is 11.8 Å². The molecule has 0 aromatic heterocycles. The lowest BCUT2D eigenvalue weighted by molar-refractivity contribution is 0.0210. The molecule has 15 heavy (non-hydrogen) atoms. The van der Waals surface area contributed by atoms with E-state index in [1.54, 1.807) is 0 Å². The van der Waals surface area contributed by atoms with Crippen LogP contribution in [0.3, 0.4) is 0 Å². The smallest absolute Gasteiger partial charge is 0.132 e. The zero-order valence-electron chi connectivity index (χ0n) is 8.17. The third-order valence-electron chi connectivity index (χ3n) is 2.34. The molecule has 0 unspecified atom stereocenters. The summed E-state index contributed by atoms with van der Waals surface area (Å²) in [5.41, 5.74) is -0.181. The zero-order valence-corrected chi connectivity index (χ0v) is 8.99. The van der Waals surface area contributed by atoms with E-state index in [1.165, 1.54) is 11.8 Å². The molecule has 1 heterocycles. The maximum atomic E-state index is 13.2. The van der Waals surface area contributed by atoms with Crippen molar-refractivity contribution in [3.05, 3.63) is 30.3 Å². The van der Waals surface area contributed by atoms with E-state index >= 15 is 0 Å². The van der Waals surface area contributed by atoms with Gasteiger partial charge in [-0.3, -0.25) is 0 Å². The van der Waals surface area contributed by atoms with Crippen molar-refractivity contribution in [3.8, 4) is 0 Å². The van der Waals surface area contributed by atoms with E-state index in [2.05, 4.69) is 0 Å². The van der Waals surface area contributed by atoms with Crippen molar-refractivity contribution in [2.75, 3.05) is 6.61 Å². The molecule has 0 spiro atoms. The van der Waals surface area contributed by atoms with E-state index in [0.29, 0.717) is 6.42 Å². The van der Waals surface area contributed by atoms with Crippen molar-refractivity contribution in [1.29, 1.82) is 0 Å². The monoisotopic (exact) mass is 228 g/mol. The molecule has 82 valence electrons. The average molecular weight is 228 g/mol. The Morgan fingerprint density at radius 3 is 2.73 bits per heavy atom. The van der Waals surface area contributed by atoms with Crippen LogP contribution in [0.2, 0.25) is 0 Å². The number of ether oxygens (including phenoxy) is 1. The van der Waals surface area contributed by atoms with Gasteiger partial charge in [-0.25, -0.2) is 4.39 Å². The normalized spacial score (nSPS) is 30.7. The molecule has 0 bridgehead atoms. The van der Waals surface area contributed by atoms with Crippen molar-refractivity contribution in [2.45, 2.75) is 29.0 Å². The van der Waals surface area contributed by atoms with Crippen molar-refractivity contribution in [1.82, 2.24) is 0 Å². The van der Waals surface area contributed by atoms with Crippen molar-refractivity contribution < 1.29 is 14.2 Å². The number of halogens is 1. The first-order chi connectivity index (χ1) is 7.29. The van der Waals surface area contributed by atoms with Gasteiger partial charge in [0.05, 0.1) is 6.61 Å². The molecule has 1 saturated heterocycles. The Morgan fingerprint density at radius 2 is 2.13 bits per heavy atom. The fourth-order valence-corrected chi connectivity index (χ4v) is 2.65. The maximum Gasteiger partial charge on any atom is 0.132 e. The summed E-state index contributed by atoms with van der Waals surface area (Å²) in [5.74, 6) is 0. The fraction of sp³-hybridized carbons (Fsp3) is 0.455. The predicted octanol–water partition coefficient (Wildman–Crippen LogP) is 2.22. The van der Waals surface area contributed by atoms with Gasteiger partial charge in [-0.1, -0.05) is 30.0 Å². The number of alkyl halides is 1. The van der Waals surface area contributed by atoms with Gasteiger partial charge in [0.25, 0.3) is 0 Å². The van der Waals surface area contributed by atoms with E-state index in [0.717, 1.165) is 4.90 Å². The Labute approximate surface area is 92.4 Å². The molecule has 1 aliphatic rings. The third kappa shape index (κ3) is 2.71. The van der Waals surface area contributed by atoms with Gasteiger partial charge in [0.2, 0.25) is 0 Å². The van der Waals surface area contributed by atoms with E-state index in [4.69, 9.17) is 9.84 Å². The van der Waals surface area contributed by atoms with Crippen LogP contribution in [-0.4, -0.2) is 29.4 Å². The Bertz CT molecular complexity index is 307. The number of hydrogen-bond acceptors (Lipinski definition) is 3. The van der Waals surface area contributed by atoms with E-state index in [-0.39, 0.29) is 12.0 Å². The molecule has 1 aliphatic heterocycles. The quantitative estimate of drug-likeness (QED) is 0.860. The summed E-state index contributed by atoms with van der Waals surface area (Å²) in [4.78, 5) is 1.06. The predicted molar refractivity (Wildman–Crippen MR) is 57.6 cm³/mol. The Hall–Kier alpha value is -0.580. The Balaban J connectivity index is 1.92. The number of hydrogen-bond donors (Lipinski definition) is 1. The van der Waals surface area contributed by atoms with Gasteiger partial charge in [0, 0.05) is 11.3 Å². The number of thioether (sulfide) groups is 1. The van der Waals surface area contributed by atoms with Gasteiger partial charge in [-0.2, -0.15) is 0 Å². The molecule has 0 saturated carbocycles. The van der Waals surface area contributed by atoms with Gasteiger partial charge in [0.1, 0.15) is 17.7 Å². The fourth-order valence-electron chi connectivity index (χ4n) is 1.56. The summed E-state index contributed by atoms with van der Waals surface area (Å²) >= 11 is 1.50. The molecule has 0 amide bonds. The van der Waals surface area contributed by atoms with Crippen LogP contribution in [-0.2, 0) is 4.74 Å². The molecule has 4 heteroatoms. The van der Waals surface area contributed by atoms with Crippen LogP contribution in [0.15, 0.2) is 35.2 Å². The third-order valence-corrected chi connectivity index (χ3v) is 3.45. The maximum absolute atomic E-state index is 13.2. The minimum absolute atomic E-state index is 0.181. The molecule has 1 aromatic carbocycles.